The van der Waals surface area contributed by atoms with Crippen molar-refractivity contribution in [2.45, 2.75) is 6.61 Å². The second-order valence-electron chi connectivity index (χ2n) is 6.09. The molecule has 1 aliphatic heterocycles. The van der Waals surface area contributed by atoms with Gasteiger partial charge >= 0.3 is 6.03 Å². The van der Waals surface area contributed by atoms with Crippen LogP contribution in [0.4, 0.5) is 10.5 Å². The molecule has 1 saturated heterocycles. The number of halogens is 1. The highest BCUT2D eigenvalue weighted by atomic mass is 79.9. The molecule has 10 heteroatoms. The molecule has 0 atom stereocenters. The van der Waals surface area contributed by atoms with Gasteiger partial charge in [0.2, 0.25) is 0 Å². The van der Waals surface area contributed by atoms with Crippen LogP contribution in [0.25, 0.3) is 6.08 Å². The highest BCUT2D eigenvalue weighted by molar-refractivity contribution is 9.10. The average molecular weight is 462 g/mol. The molecule has 0 spiro atoms. The van der Waals surface area contributed by atoms with Crippen molar-refractivity contribution in [2.24, 2.45) is 0 Å². The lowest BCUT2D eigenvalue weighted by Gasteiger charge is -2.13. The maximum absolute atomic E-state index is 12.0. The number of nitrogens with zero attached hydrogens (tertiary/aromatic N) is 2. The summed E-state index contributed by atoms with van der Waals surface area (Å²) >= 11 is 3.42. The van der Waals surface area contributed by atoms with Gasteiger partial charge in [-0.1, -0.05) is 28.1 Å². The Bertz CT molecular complexity index is 1040. The molecule has 0 unspecified atom stereocenters. The summed E-state index contributed by atoms with van der Waals surface area (Å²) < 4.78 is 11.7. The standard InChI is InChI=1S/C19H16BrN3O6/c1-22-18(24)15(21-19(22)25)7-12-8-16(28-2)17(9-14(12)20)29-10-11-4-3-5-13(6-11)23(26)27/h3-9H,10H2,1-2H3,(H,21,25)/b15-7+. The summed E-state index contributed by atoms with van der Waals surface area (Å²) in [4.78, 5) is 35.0. The Morgan fingerprint density at radius 2 is 2.00 bits per heavy atom. The molecule has 9 nitrogen and oxygen atoms in total. The van der Waals surface area contributed by atoms with Gasteiger partial charge in [-0.15, -0.1) is 0 Å². The first-order valence-electron chi connectivity index (χ1n) is 8.34. The number of methoxy groups -OCH3 is 1. The van der Waals surface area contributed by atoms with Crippen LogP contribution in [0.5, 0.6) is 11.5 Å². The molecule has 0 radical (unpaired) electrons. The summed E-state index contributed by atoms with van der Waals surface area (Å²) in [6.45, 7) is 0.101. The van der Waals surface area contributed by atoms with Crippen molar-refractivity contribution in [1.82, 2.24) is 10.2 Å². The molecule has 3 amide bonds. The van der Waals surface area contributed by atoms with Gasteiger partial charge in [-0.25, -0.2) is 4.79 Å². The van der Waals surface area contributed by atoms with Crippen LogP contribution < -0.4 is 14.8 Å². The van der Waals surface area contributed by atoms with E-state index in [9.17, 15) is 19.7 Å². The Kier molecular flexibility index (Phi) is 5.83. The first-order valence-corrected chi connectivity index (χ1v) is 9.14. The summed E-state index contributed by atoms with van der Waals surface area (Å²) in [6.07, 6.45) is 1.53. The number of carbonyl (C=O) groups excluding carboxylic acids is 2. The van der Waals surface area contributed by atoms with Gasteiger partial charge in [-0.3, -0.25) is 19.8 Å². The molecule has 1 heterocycles. The Labute approximate surface area is 174 Å². The number of benzene rings is 2. The quantitative estimate of drug-likeness (QED) is 0.305. The second kappa shape index (κ2) is 8.31. The van der Waals surface area contributed by atoms with E-state index in [1.165, 1.54) is 32.4 Å². The predicted molar refractivity (Wildman–Crippen MR) is 107 cm³/mol. The number of carbonyl (C=O) groups is 2. The topological polar surface area (TPSA) is 111 Å². The van der Waals surface area contributed by atoms with E-state index in [2.05, 4.69) is 21.2 Å². The van der Waals surface area contributed by atoms with Crippen molar-refractivity contribution >= 4 is 39.6 Å². The lowest BCUT2D eigenvalue weighted by molar-refractivity contribution is -0.384. The summed E-state index contributed by atoms with van der Waals surface area (Å²) in [5.41, 5.74) is 1.36. The summed E-state index contributed by atoms with van der Waals surface area (Å²) in [7, 11) is 2.86. The van der Waals surface area contributed by atoms with Crippen LogP contribution >= 0.6 is 15.9 Å². The molecule has 1 fully saturated rings. The minimum Gasteiger partial charge on any atom is -0.493 e. The van der Waals surface area contributed by atoms with Crippen LogP contribution in [0.1, 0.15) is 11.1 Å². The van der Waals surface area contributed by atoms with Crippen LogP contribution in [0.15, 0.2) is 46.6 Å². The number of amides is 3. The van der Waals surface area contributed by atoms with Crippen LogP contribution in [0, 0.1) is 10.1 Å². The van der Waals surface area contributed by atoms with Crippen molar-refractivity contribution in [2.75, 3.05) is 14.2 Å². The first-order chi connectivity index (χ1) is 13.8. The molecule has 0 bridgehead atoms. The van der Waals surface area contributed by atoms with E-state index < -0.39 is 16.9 Å². The summed E-state index contributed by atoms with van der Waals surface area (Å²) in [6, 6.07) is 8.96. The van der Waals surface area contributed by atoms with Crippen molar-refractivity contribution in [1.29, 1.82) is 0 Å². The number of nitro benzene ring substituents is 1. The fraction of sp³-hybridized carbons (Fsp3) is 0.158. The van der Waals surface area contributed by atoms with Crippen LogP contribution in [0.2, 0.25) is 0 Å². The van der Waals surface area contributed by atoms with E-state index in [-0.39, 0.29) is 18.0 Å². The number of hydrogen-bond donors (Lipinski definition) is 1. The number of nitro groups is 1. The number of ether oxygens (including phenoxy) is 2. The molecule has 0 aromatic heterocycles. The molecule has 2 aromatic carbocycles. The van der Waals surface area contributed by atoms with Crippen molar-refractivity contribution in [3.63, 3.8) is 0 Å². The fourth-order valence-corrected chi connectivity index (χ4v) is 3.07. The SMILES string of the molecule is COc1cc(/C=C2/NC(=O)N(C)C2=O)c(Br)cc1OCc1cccc([N+](=O)[O-])c1. The number of likely N-dealkylation sites (N-methyl/N-ethyl adjacent to an activating group) is 1. The molecule has 1 aliphatic rings. The number of hydrogen-bond acceptors (Lipinski definition) is 6. The van der Waals surface area contributed by atoms with E-state index in [1.807, 2.05) is 0 Å². The minimum atomic E-state index is -0.499. The van der Waals surface area contributed by atoms with Gasteiger partial charge in [0.1, 0.15) is 12.3 Å². The Hall–Kier alpha value is -3.40. The molecule has 0 aliphatic carbocycles. The number of rotatable bonds is 6. The Morgan fingerprint density at radius 3 is 2.62 bits per heavy atom. The van der Waals surface area contributed by atoms with Crippen molar-refractivity contribution in [3.8, 4) is 11.5 Å². The third-order valence-corrected chi connectivity index (χ3v) is 4.87. The third kappa shape index (κ3) is 4.37. The predicted octanol–water partition coefficient (Wildman–Crippen LogP) is 3.47. The second-order valence-corrected chi connectivity index (χ2v) is 6.95. The molecule has 3 rings (SSSR count). The zero-order valence-electron chi connectivity index (χ0n) is 15.5. The van der Waals surface area contributed by atoms with Gasteiger partial charge in [0, 0.05) is 23.7 Å². The van der Waals surface area contributed by atoms with Crippen LogP contribution in [-0.4, -0.2) is 35.9 Å². The number of imide groups is 1. The molecular weight excluding hydrogens is 446 g/mol. The van der Waals surface area contributed by atoms with Crippen LogP contribution in [0.3, 0.4) is 0 Å². The molecule has 150 valence electrons. The Morgan fingerprint density at radius 1 is 1.24 bits per heavy atom. The smallest absolute Gasteiger partial charge is 0.328 e. The monoisotopic (exact) mass is 461 g/mol. The maximum Gasteiger partial charge on any atom is 0.328 e. The van der Waals surface area contributed by atoms with E-state index in [0.717, 1.165) is 4.90 Å². The number of non-ortho nitro benzene ring substituents is 1. The largest absolute Gasteiger partial charge is 0.493 e. The van der Waals surface area contributed by atoms with Gasteiger partial charge in [-0.2, -0.15) is 0 Å². The minimum absolute atomic E-state index is 0.0190. The lowest BCUT2D eigenvalue weighted by Crippen LogP contribution is -2.25. The van der Waals surface area contributed by atoms with Gasteiger partial charge < -0.3 is 14.8 Å². The number of urea groups is 1. The third-order valence-electron chi connectivity index (χ3n) is 4.18. The average Bonchev–Trinajstić information content (AvgIpc) is 2.94. The normalized spacial score (nSPS) is 14.9. The molecule has 1 N–H and O–H groups in total. The van der Waals surface area contributed by atoms with Gasteiger partial charge in [0.15, 0.2) is 11.5 Å². The molecule has 29 heavy (non-hydrogen) atoms. The highest BCUT2D eigenvalue weighted by Crippen LogP contribution is 2.35. The first kappa shape index (κ1) is 20.3. The van der Waals surface area contributed by atoms with Gasteiger partial charge in [0.05, 0.1) is 12.0 Å². The zero-order valence-corrected chi connectivity index (χ0v) is 17.1. The summed E-state index contributed by atoms with van der Waals surface area (Å²) in [5, 5.41) is 13.4. The van der Waals surface area contributed by atoms with Crippen molar-refractivity contribution in [3.05, 3.63) is 67.8 Å². The lowest BCUT2D eigenvalue weighted by atomic mass is 10.1. The van der Waals surface area contributed by atoms with Crippen molar-refractivity contribution < 1.29 is 24.0 Å². The molecule has 2 aromatic rings. The van der Waals surface area contributed by atoms with E-state index >= 15 is 0 Å². The highest BCUT2D eigenvalue weighted by Gasteiger charge is 2.30. The van der Waals surface area contributed by atoms with E-state index in [0.29, 0.717) is 27.1 Å². The molecule has 0 saturated carbocycles. The van der Waals surface area contributed by atoms with E-state index in [4.69, 9.17) is 9.47 Å². The maximum atomic E-state index is 12.0. The zero-order chi connectivity index (χ0) is 21.1. The van der Waals surface area contributed by atoms with Gasteiger partial charge in [-0.05, 0) is 29.3 Å². The Balaban J connectivity index is 1.84. The fourth-order valence-electron chi connectivity index (χ4n) is 2.63. The van der Waals surface area contributed by atoms with Gasteiger partial charge in [0.25, 0.3) is 11.6 Å². The number of nitrogens with one attached hydrogen (secondary N) is 1. The van der Waals surface area contributed by atoms with Crippen LogP contribution in [-0.2, 0) is 11.4 Å². The molecular formula is C19H16BrN3O6. The summed E-state index contributed by atoms with van der Waals surface area (Å²) in [5.74, 6) is 0.370. The van der Waals surface area contributed by atoms with E-state index in [1.54, 1.807) is 24.3 Å².